The van der Waals surface area contributed by atoms with Gasteiger partial charge in [-0.25, -0.2) is 0 Å². The number of benzene rings is 1. The maximum absolute atomic E-state index is 4.01. The molecule has 0 spiro atoms. The van der Waals surface area contributed by atoms with Gasteiger partial charge in [0.25, 0.3) is 0 Å². The zero-order chi connectivity index (χ0) is 11.3. The van der Waals surface area contributed by atoms with E-state index < -0.39 is 0 Å². The van der Waals surface area contributed by atoms with Crippen molar-refractivity contribution in [3.63, 3.8) is 0 Å². The fourth-order valence-electron chi connectivity index (χ4n) is 1.42. The first-order valence-electron chi connectivity index (χ1n) is 5.23. The van der Waals surface area contributed by atoms with Crippen LogP contribution in [0.5, 0.6) is 0 Å². The van der Waals surface area contributed by atoms with E-state index in [1.165, 1.54) is 0 Å². The fourth-order valence-corrected chi connectivity index (χ4v) is 1.42. The first-order chi connectivity index (χ1) is 7.29. The first-order valence-corrected chi connectivity index (χ1v) is 5.23. The maximum atomic E-state index is 4.01. The summed E-state index contributed by atoms with van der Waals surface area (Å²) >= 11 is 0. The summed E-state index contributed by atoms with van der Waals surface area (Å²) in [6, 6.07) is 10.1. The van der Waals surface area contributed by atoms with Crippen LogP contribution in [0.3, 0.4) is 0 Å². The summed E-state index contributed by atoms with van der Waals surface area (Å²) in [6.07, 6.45) is 0. The van der Waals surface area contributed by atoms with E-state index in [1.54, 1.807) is 0 Å². The van der Waals surface area contributed by atoms with Crippen LogP contribution in [0.4, 0.5) is 0 Å². The highest BCUT2D eigenvalue weighted by Gasteiger charge is 2.04. The van der Waals surface area contributed by atoms with Crippen LogP contribution in [-0.4, -0.2) is 14.8 Å². The highest BCUT2D eigenvalue weighted by atomic mass is 15.3. The van der Waals surface area contributed by atoms with Gasteiger partial charge in [0.05, 0.1) is 0 Å². The second-order valence-corrected chi connectivity index (χ2v) is 2.97. The van der Waals surface area contributed by atoms with Crippen molar-refractivity contribution in [1.82, 2.24) is 14.8 Å². The third-order valence-electron chi connectivity index (χ3n) is 2.00. The Balaban J connectivity index is 0.000000531. The van der Waals surface area contributed by atoms with Crippen molar-refractivity contribution in [2.24, 2.45) is 0 Å². The van der Waals surface area contributed by atoms with Crippen LogP contribution in [0.15, 0.2) is 30.3 Å². The molecule has 2 rings (SSSR count). The van der Waals surface area contributed by atoms with Gasteiger partial charge in [0.2, 0.25) is 0 Å². The molecule has 1 aromatic carbocycles. The molecular formula is C12H17N3. The molecular weight excluding hydrogens is 186 g/mol. The second-order valence-electron chi connectivity index (χ2n) is 2.97. The predicted octanol–water partition coefficient (Wildman–Crippen LogP) is 2.91. The number of rotatable bonds is 1. The Bertz CT molecular complexity index is 385. The van der Waals surface area contributed by atoms with Crippen LogP contribution in [-0.2, 0) is 0 Å². The lowest BCUT2D eigenvalue weighted by Gasteiger charge is -2.04. The van der Waals surface area contributed by atoms with E-state index in [9.17, 15) is 0 Å². The molecule has 0 bridgehead atoms. The van der Waals surface area contributed by atoms with Gasteiger partial charge >= 0.3 is 0 Å². The zero-order valence-electron chi connectivity index (χ0n) is 9.73. The minimum absolute atomic E-state index is 0.920. The Morgan fingerprint density at radius 1 is 0.867 bits per heavy atom. The van der Waals surface area contributed by atoms with E-state index in [-0.39, 0.29) is 0 Å². The molecule has 80 valence electrons. The molecule has 2 aromatic rings. The molecule has 3 heteroatoms. The van der Waals surface area contributed by atoms with E-state index in [0.717, 1.165) is 17.3 Å². The molecule has 0 radical (unpaired) electrons. The van der Waals surface area contributed by atoms with Crippen molar-refractivity contribution >= 4 is 0 Å². The minimum atomic E-state index is 0.920. The van der Waals surface area contributed by atoms with Gasteiger partial charge in [-0.3, -0.25) is 4.57 Å². The van der Waals surface area contributed by atoms with Crippen LogP contribution in [0.1, 0.15) is 25.5 Å². The molecule has 3 nitrogen and oxygen atoms in total. The molecule has 1 aromatic heterocycles. The maximum Gasteiger partial charge on any atom is 0.134 e. The summed E-state index contributed by atoms with van der Waals surface area (Å²) in [4.78, 5) is 0. The van der Waals surface area contributed by atoms with Gasteiger partial charge in [-0.2, -0.15) is 0 Å². The van der Waals surface area contributed by atoms with Gasteiger partial charge < -0.3 is 0 Å². The minimum Gasteiger partial charge on any atom is -0.283 e. The number of para-hydroxylation sites is 1. The third kappa shape index (κ3) is 2.43. The topological polar surface area (TPSA) is 30.7 Å². The molecule has 0 saturated heterocycles. The van der Waals surface area contributed by atoms with Crippen molar-refractivity contribution in [3.05, 3.63) is 42.0 Å². The van der Waals surface area contributed by atoms with Crippen molar-refractivity contribution in [2.75, 3.05) is 0 Å². The highest BCUT2D eigenvalue weighted by molar-refractivity contribution is 5.33. The molecule has 0 fully saturated rings. The van der Waals surface area contributed by atoms with E-state index in [4.69, 9.17) is 0 Å². The van der Waals surface area contributed by atoms with Gasteiger partial charge in [0, 0.05) is 5.69 Å². The third-order valence-corrected chi connectivity index (χ3v) is 2.00. The number of nitrogens with zero attached hydrogens (tertiary/aromatic N) is 3. The molecule has 0 N–H and O–H groups in total. The SMILES string of the molecule is CC.Cc1nnc(C)n1-c1ccccc1. The lowest BCUT2D eigenvalue weighted by atomic mass is 10.3. The number of aryl methyl sites for hydroxylation is 2. The summed E-state index contributed by atoms with van der Waals surface area (Å²) in [5, 5.41) is 8.01. The molecule has 0 aliphatic carbocycles. The normalized spacial score (nSPS) is 9.33. The Morgan fingerprint density at radius 3 is 1.80 bits per heavy atom. The molecule has 0 aliphatic heterocycles. The Hall–Kier alpha value is -1.64. The lowest BCUT2D eigenvalue weighted by molar-refractivity contribution is 0.938. The van der Waals surface area contributed by atoms with Crippen molar-refractivity contribution in [1.29, 1.82) is 0 Å². The van der Waals surface area contributed by atoms with Crippen molar-refractivity contribution in [3.8, 4) is 5.69 Å². The van der Waals surface area contributed by atoms with Crippen LogP contribution >= 0.6 is 0 Å². The second kappa shape index (κ2) is 5.29. The molecule has 0 unspecified atom stereocenters. The fraction of sp³-hybridized carbons (Fsp3) is 0.333. The Labute approximate surface area is 90.8 Å². The predicted molar refractivity (Wildman–Crippen MR) is 62.2 cm³/mol. The summed E-state index contributed by atoms with van der Waals surface area (Å²) < 4.78 is 2.03. The van der Waals surface area contributed by atoms with Crippen LogP contribution < -0.4 is 0 Å². The van der Waals surface area contributed by atoms with Gasteiger partial charge in [-0.15, -0.1) is 10.2 Å². The molecule has 0 aliphatic rings. The molecule has 0 saturated carbocycles. The lowest BCUT2D eigenvalue weighted by Crippen LogP contribution is -1.98. The number of hydrogen-bond donors (Lipinski definition) is 0. The van der Waals surface area contributed by atoms with Crippen LogP contribution in [0.25, 0.3) is 5.69 Å². The van der Waals surface area contributed by atoms with Gasteiger partial charge in [0.1, 0.15) is 11.6 Å². The smallest absolute Gasteiger partial charge is 0.134 e. The van der Waals surface area contributed by atoms with Gasteiger partial charge in [0.15, 0.2) is 0 Å². The first kappa shape index (κ1) is 11.4. The van der Waals surface area contributed by atoms with E-state index in [2.05, 4.69) is 10.2 Å². The molecule has 15 heavy (non-hydrogen) atoms. The molecule has 0 amide bonds. The zero-order valence-corrected chi connectivity index (χ0v) is 9.73. The standard InChI is InChI=1S/C10H11N3.C2H6/c1-8-11-12-9(2)13(8)10-6-4-3-5-7-10;1-2/h3-7H,1-2H3;1-2H3. The monoisotopic (exact) mass is 203 g/mol. The molecule has 1 heterocycles. The number of aromatic nitrogens is 3. The quantitative estimate of drug-likeness (QED) is 0.713. The van der Waals surface area contributed by atoms with E-state index in [0.29, 0.717) is 0 Å². The Kier molecular flexibility index (Phi) is 4.03. The summed E-state index contributed by atoms with van der Waals surface area (Å²) in [5.41, 5.74) is 1.11. The van der Waals surface area contributed by atoms with E-state index in [1.807, 2.05) is 62.6 Å². The summed E-state index contributed by atoms with van der Waals surface area (Å²) in [5.74, 6) is 1.84. The van der Waals surface area contributed by atoms with Crippen molar-refractivity contribution < 1.29 is 0 Å². The number of hydrogen-bond acceptors (Lipinski definition) is 2. The van der Waals surface area contributed by atoms with E-state index >= 15 is 0 Å². The van der Waals surface area contributed by atoms with Crippen molar-refractivity contribution in [2.45, 2.75) is 27.7 Å². The Morgan fingerprint density at radius 2 is 1.33 bits per heavy atom. The summed E-state index contributed by atoms with van der Waals surface area (Å²) in [7, 11) is 0. The van der Waals surface area contributed by atoms with Crippen LogP contribution in [0.2, 0.25) is 0 Å². The highest BCUT2D eigenvalue weighted by Crippen LogP contribution is 2.10. The largest absolute Gasteiger partial charge is 0.283 e. The average molecular weight is 203 g/mol. The average Bonchev–Trinajstić information content (AvgIpc) is 2.63. The molecule has 0 atom stereocenters. The van der Waals surface area contributed by atoms with Gasteiger partial charge in [-0.05, 0) is 26.0 Å². The van der Waals surface area contributed by atoms with Gasteiger partial charge in [-0.1, -0.05) is 32.0 Å². The van der Waals surface area contributed by atoms with Crippen LogP contribution in [0, 0.1) is 13.8 Å². The summed E-state index contributed by atoms with van der Waals surface area (Å²) in [6.45, 7) is 7.90.